The maximum absolute atomic E-state index is 12.2. The van der Waals surface area contributed by atoms with Crippen molar-refractivity contribution >= 4 is 29.6 Å². The number of hydrogen-bond donors (Lipinski definition) is 0. The molecule has 0 saturated heterocycles. The molecule has 1 aliphatic rings. The Morgan fingerprint density at radius 2 is 2.10 bits per heavy atom. The summed E-state index contributed by atoms with van der Waals surface area (Å²) in [6.45, 7) is 2.07. The first-order chi connectivity index (χ1) is 10.1. The lowest BCUT2D eigenvalue weighted by molar-refractivity contribution is -0.148. The number of hydrogen-bond acceptors (Lipinski definition) is 3. The topological polar surface area (TPSA) is 46.6 Å². The molecule has 1 aromatic carbocycles. The number of esters is 1. The van der Waals surface area contributed by atoms with Crippen LogP contribution in [0.25, 0.3) is 6.08 Å². The summed E-state index contributed by atoms with van der Waals surface area (Å²) in [5.74, 6) is -0.561. The molecule has 5 heteroatoms. The number of carbonyl (C=O) groups excluding carboxylic acids is 2. The van der Waals surface area contributed by atoms with Crippen LogP contribution in [-0.2, 0) is 14.3 Å². The molecule has 0 aliphatic heterocycles. The van der Waals surface area contributed by atoms with E-state index in [1.54, 1.807) is 24.0 Å². The van der Waals surface area contributed by atoms with Gasteiger partial charge in [0.05, 0.1) is 6.61 Å². The fraction of sp³-hybridized carbons (Fsp3) is 0.375. The first-order valence-electron chi connectivity index (χ1n) is 7.00. The summed E-state index contributed by atoms with van der Waals surface area (Å²) < 4.78 is 4.90. The van der Waals surface area contributed by atoms with Gasteiger partial charge in [-0.25, -0.2) is 0 Å². The highest BCUT2D eigenvalue weighted by Crippen LogP contribution is 2.27. The van der Waals surface area contributed by atoms with Gasteiger partial charge in [-0.3, -0.25) is 9.59 Å². The number of halogens is 1. The van der Waals surface area contributed by atoms with E-state index in [4.69, 9.17) is 16.3 Å². The second-order valence-electron chi connectivity index (χ2n) is 4.86. The first kappa shape index (κ1) is 15.6. The highest BCUT2D eigenvalue weighted by Gasteiger charge is 2.33. The van der Waals surface area contributed by atoms with Crippen molar-refractivity contribution in [2.45, 2.75) is 25.8 Å². The van der Waals surface area contributed by atoms with Crippen molar-refractivity contribution in [3.05, 3.63) is 40.9 Å². The SMILES string of the molecule is CCOC(=O)CN(C(=O)C=Cc1ccccc1Cl)C1CC1. The fourth-order valence-electron chi connectivity index (χ4n) is 1.99. The summed E-state index contributed by atoms with van der Waals surface area (Å²) in [6, 6.07) is 7.44. The molecule has 0 N–H and O–H groups in total. The molecule has 1 fully saturated rings. The van der Waals surface area contributed by atoms with Crippen LogP contribution in [0.15, 0.2) is 30.3 Å². The van der Waals surface area contributed by atoms with Gasteiger partial charge in [0.2, 0.25) is 5.91 Å². The number of carbonyl (C=O) groups is 2. The Morgan fingerprint density at radius 3 is 2.71 bits per heavy atom. The molecule has 4 nitrogen and oxygen atoms in total. The third-order valence-corrected chi connectivity index (χ3v) is 3.53. The van der Waals surface area contributed by atoms with E-state index in [1.807, 2.05) is 18.2 Å². The Morgan fingerprint density at radius 1 is 1.38 bits per heavy atom. The van der Waals surface area contributed by atoms with E-state index in [-0.39, 0.29) is 24.5 Å². The third-order valence-electron chi connectivity index (χ3n) is 3.19. The minimum Gasteiger partial charge on any atom is -0.465 e. The number of amides is 1. The van der Waals surface area contributed by atoms with Gasteiger partial charge in [0, 0.05) is 17.1 Å². The standard InChI is InChI=1S/C16H18ClNO3/c1-2-21-16(20)11-18(13-8-9-13)15(19)10-7-12-5-3-4-6-14(12)17/h3-7,10,13H,2,8-9,11H2,1H3. The van der Waals surface area contributed by atoms with Gasteiger partial charge in [-0.05, 0) is 37.5 Å². The molecule has 0 unspecified atom stereocenters. The van der Waals surface area contributed by atoms with Crippen LogP contribution in [0.1, 0.15) is 25.3 Å². The minimum atomic E-state index is -0.371. The molecular formula is C16H18ClNO3. The van der Waals surface area contributed by atoms with Crippen LogP contribution < -0.4 is 0 Å². The molecule has 112 valence electrons. The molecule has 0 heterocycles. The summed E-state index contributed by atoms with van der Waals surface area (Å²) in [5.41, 5.74) is 0.777. The first-order valence-corrected chi connectivity index (χ1v) is 7.38. The van der Waals surface area contributed by atoms with Crippen molar-refractivity contribution in [1.82, 2.24) is 4.90 Å². The van der Waals surface area contributed by atoms with E-state index in [0.717, 1.165) is 18.4 Å². The maximum Gasteiger partial charge on any atom is 0.325 e. The quantitative estimate of drug-likeness (QED) is 0.599. The lowest BCUT2D eigenvalue weighted by Gasteiger charge is -2.19. The molecule has 0 bridgehead atoms. The monoisotopic (exact) mass is 307 g/mol. The average Bonchev–Trinajstić information content (AvgIpc) is 3.28. The molecule has 1 saturated carbocycles. The highest BCUT2D eigenvalue weighted by atomic mass is 35.5. The molecule has 0 spiro atoms. The van der Waals surface area contributed by atoms with Crippen molar-refractivity contribution in [1.29, 1.82) is 0 Å². The van der Waals surface area contributed by atoms with Crippen LogP contribution in [0.5, 0.6) is 0 Å². The van der Waals surface area contributed by atoms with Gasteiger partial charge in [-0.1, -0.05) is 29.8 Å². The second-order valence-corrected chi connectivity index (χ2v) is 5.26. The Balaban J connectivity index is 2.02. The van der Waals surface area contributed by atoms with Crippen LogP contribution in [0.3, 0.4) is 0 Å². The van der Waals surface area contributed by atoms with Gasteiger partial charge in [0.15, 0.2) is 0 Å². The third kappa shape index (κ3) is 4.60. The zero-order valence-corrected chi connectivity index (χ0v) is 12.7. The van der Waals surface area contributed by atoms with Crippen molar-refractivity contribution in [3.63, 3.8) is 0 Å². The number of benzene rings is 1. The van der Waals surface area contributed by atoms with E-state index in [9.17, 15) is 9.59 Å². The van der Waals surface area contributed by atoms with Crippen molar-refractivity contribution in [2.24, 2.45) is 0 Å². The van der Waals surface area contributed by atoms with Gasteiger partial charge < -0.3 is 9.64 Å². The molecule has 1 amide bonds. The number of rotatable bonds is 6. The highest BCUT2D eigenvalue weighted by molar-refractivity contribution is 6.32. The number of ether oxygens (including phenoxy) is 1. The van der Waals surface area contributed by atoms with Crippen LogP contribution in [0, 0.1) is 0 Å². The smallest absolute Gasteiger partial charge is 0.325 e. The van der Waals surface area contributed by atoms with Gasteiger partial charge >= 0.3 is 5.97 Å². The molecule has 0 atom stereocenters. The van der Waals surface area contributed by atoms with Crippen LogP contribution in [-0.4, -0.2) is 36.0 Å². The Labute approximate surface area is 129 Å². The summed E-state index contributed by atoms with van der Waals surface area (Å²) in [5, 5.41) is 0.588. The Hall–Kier alpha value is -1.81. The molecule has 21 heavy (non-hydrogen) atoms. The molecule has 0 aromatic heterocycles. The lowest BCUT2D eigenvalue weighted by Crippen LogP contribution is -2.37. The summed E-state index contributed by atoms with van der Waals surface area (Å²) in [7, 11) is 0. The summed E-state index contributed by atoms with van der Waals surface area (Å²) >= 11 is 6.04. The fourth-order valence-corrected chi connectivity index (χ4v) is 2.18. The molecule has 0 radical (unpaired) electrons. The van der Waals surface area contributed by atoms with Gasteiger partial charge in [-0.15, -0.1) is 0 Å². The molecule has 2 rings (SSSR count). The minimum absolute atomic E-state index is 0.00417. The number of nitrogens with zero attached hydrogens (tertiary/aromatic N) is 1. The summed E-state index contributed by atoms with van der Waals surface area (Å²) in [4.78, 5) is 25.4. The van der Waals surface area contributed by atoms with Crippen molar-refractivity contribution in [2.75, 3.05) is 13.2 Å². The van der Waals surface area contributed by atoms with Gasteiger partial charge in [0.1, 0.15) is 6.54 Å². The van der Waals surface area contributed by atoms with Gasteiger partial charge in [0.25, 0.3) is 0 Å². The van der Waals surface area contributed by atoms with Crippen molar-refractivity contribution in [3.8, 4) is 0 Å². The Kier molecular flexibility index (Phi) is 5.39. The zero-order chi connectivity index (χ0) is 15.2. The van der Waals surface area contributed by atoms with E-state index in [2.05, 4.69) is 0 Å². The van der Waals surface area contributed by atoms with E-state index in [0.29, 0.717) is 11.6 Å². The Bertz CT molecular complexity index is 552. The molecule has 1 aliphatic carbocycles. The van der Waals surface area contributed by atoms with Crippen LogP contribution in [0.2, 0.25) is 5.02 Å². The predicted octanol–water partition coefficient (Wildman–Crippen LogP) is 2.91. The van der Waals surface area contributed by atoms with E-state index in [1.165, 1.54) is 6.08 Å². The van der Waals surface area contributed by atoms with E-state index < -0.39 is 0 Å². The van der Waals surface area contributed by atoms with E-state index >= 15 is 0 Å². The molecular weight excluding hydrogens is 290 g/mol. The average molecular weight is 308 g/mol. The second kappa shape index (κ2) is 7.27. The largest absolute Gasteiger partial charge is 0.465 e. The summed E-state index contributed by atoms with van der Waals surface area (Å²) in [6.07, 6.45) is 5.00. The van der Waals surface area contributed by atoms with Crippen molar-refractivity contribution < 1.29 is 14.3 Å². The predicted molar refractivity (Wildman–Crippen MR) is 81.9 cm³/mol. The van der Waals surface area contributed by atoms with Crippen LogP contribution in [0.4, 0.5) is 0 Å². The molecule has 1 aromatic rings. The maximum atomic E-state index is 12.2. The van der Waals surface area contributed by atoms with Crippen LogP contribution >= 0.6 is 11.6 Å². The normalized spacial score (nSPS) is 14.2. The zero-order valence-electron chi connectivity index (χ0n) is 11.9. The lowest BCUT2D eigenvalue weighted by atomic mass is 10.2. The van der Waals surface area contributed by atoms with Gasteiger partial charge in [-0.2, -0.15) is 0 Å².